The molecular weight excluding hydrogens is 188 g/mol. The lowest BCUT2D eigenvalue weighted by atomic mass is 9.99. The van der Waals surface area contributed by atoms with Crippen LogP contribution in [0.25, 0.3) is 0 Å². The van der Waals surface area contributed by atoms with Crippen LogP contribution in [0.3, 0.4) is 0 Å². The quantitative estimate of drug-likeness (QED) is 0.772. The molecule has 3 heteroatoms. The summed E-state index contributed by atoms with van der Waals surface area (Å²) in [5.74, 6) is 0.910. The van der Waals surface area contributed by atoms with Crippen LogP contribution in [0.5, 0.6) is 0 Å². The van der Waals surface area contributed by atoms with Gasteiger partial charge >= 0.3 is 0 Å². The van der Waals surface area contributed by atoms with Crippen LogP contribution in [0.15, 0.2) is 0 Å². The monoisotopic (exact) mass is 212 g/mol. The van der Waals surface area contributed by atoms with Crippen LogP contribution in [0.2, 0.25) is 0 Å². The van der Waals surface area contributed by atoms with Gasteiger partial charge in [-0.3, -0.25) is 4.79 Å². The number of carbonyl (C=O) groups excluding carboxylic acids is 1. The van der Waals surface area contributed by atoms with Crippen molar-refractivity contribution in [1.29, 1.82) is 0 Å². The van der Waals surface area contributed by atoms with Crippen LogP contribution in [0, 0.1) is 5.92 Å². The fraction of sp³-hybridized carbons (Fsp3) is 0.917. The summed E-state index contributed by atoms with van der Waals surface area (Å²) in [6, 6.07) is 0.0553. The Kier molecular flexibility index (Phi) is 5.09. The SMILES string of the molecule is CCCC(N)CC(=O)N1CCCC(C)C1. The van der Waals surface area contributed by atoms with Crippen molar-refractivity contribution in [1.82, 2.24) is 4.90 Å². The molecular formula is C12H24N2O. The van der Waals surface area contributed by atoms with Gasteiger partial charge in [0.25, 0.3) is 0 Å². The molecule has 1 aliphatic rings. The second-order valence-corrected chi connectivity index (χ2v) is 4.84. The molecule has 1 fully saturated rings. The number of rotatable bonds is 4. The van der Waals surface area contributed by atoms with E-state index in [2.05, 4.69) is 13.8 Å². The molecule has 1 amide bonds. The van der Waals surface area contributed by atoms with E-state index in [0.29, 0.717) is 12.3 Å². The number of hydrogen-bond acceptors (Lipinski definition) is 2. The van der Waals surface area contributed by atoms with Gasteiger partial charge in [-0.15, -0.1) is 0 Å². The first kappa shape index (κ1) is 12.5. The molecule has 0 bridgehead atoms. The molecule has 0 spiro atoms. The van der Waals surface area contributed by atoms with Gasteiger partial charge in [-0.1, -0.05) is 20.3 Å². The van der Waals surface area contributed by atoms with Gasteiger partial charge in [0.2, 0.25) is 5.91 Å². The fourth-order valence-corrected chi connectivity index (χ4v) is 2.24. The highest BCUT2D eigenvalue weighted by molar-refractivity contribution is 5.76. The van der Waals surface area contributed by atoms with Crippen molar-refractivity contribution < 1.29 is 4.79 Å². The van der Waals surface area contributed by atoms with E-state index in [1.54, 1.807) is 0 Å². The van der Waals surface area contributed by atoms with Gasteiger partial charge < -0.3 is 10.6 Å². The summed E-state index contributed by atoms with van der Waals surface area (Å²) >= 11 is 0. The number of piperidine rings is 1. The van der Waals surface area contributed by atoms with Crippen molar-refractivity contribution in [3.05, 3.63) is 0 Å². The van der Waals surface area contributed by atoms with E-state index < -0.39 is 0 Å². The Morgan fingerprint density at radius 2 is 2.33 bits per heavy atom. The summed E-state index contributed by atoms with van der Waals surface area (Å²) in [6.45, 7) is 6.18. The van der Waals surface area contributed by atoms with E-state index >= 15 is 0 Å². The van der Waals surface area contributed by atoms with Crippen LogP contribution in [-0.2, 0) is 4.79 Å². The molecule has 88 valence electrons. The number of amides is 1. The molecule has 0 aromatic rings. The normalized spacial score (nSPS) is 23.9. The first-order chi connectivity index (χ1) is 7.13. The lowest BCUT2D eigenvalue weighted by molar-refractivity contribution is -0.133. The average molecular weight is 212 g/mol. The van der Waals surface area contributed by atoms with Crippen LogP contribution in [0.4, 0.5) is 0 Å². The minimum Gasteiger partial charge on any atom is -0.342 e. The largest absolute Gasteiger partial charge is 0.342 e. The summed E-state index contributed by atoms with van der Waals surface area (Å²) in [5, 5.41) is 0. The first-order valence-corrected chi connectivity index (χ1v) is 6.16. The minimum atomic E-state index is 0.0553. The van der Waals surface area contributed by atoms with Crippen LogP contribution < -0.4 is 5.73 Å². The molecule has 3 nitrogen and oxygen atoms in total. The van der Waals surface area contributed by atoms with Crippen molar-refractivity contribution in [2.45, 2.75) is 52.0 Å². The molecule has 1 aliphatic heterocycles. The van der Waals surface area contributed by atoms with Gasteiger partial charge in [0, 0.05) is 25.6 Å². The molecule has 0 aromatic carbocycles. The Hall–Kier alpha value is -0.570. The van der Waals surface area contributed by atoms with Crippen LogP contribution >= 0.6 is 0 Å². The van der Waals surface area contributed by atoms with Crippen molar-refractivity contribution >= 4 is 5.91 Å². The lowest BCUT2D eigenvalue weighted by Crippen LogP contribution is -2.41. The molecule has 1 saturated heterocycles. The zero-order chi connectivity index (χ0) is 11.3. The second kappa shape index (κ2) is 6.11. The van der Waals surface area contributed by atoms with E-state index in [0.717, 1.165) is 32.4 Å². The highest BCUT2D eigenvalue weighted by Crippen LogP contribution is 2.16. The lowest BCUT2D eigenvalue weighted by Gasteiger charge is -2.31. The number of nitrogens with two attached hydrogens (primary N) is 1. The molecule has 2 N–H and O–H groups in total. The van der Waals surface area contributed by atoms with Gasteiger partial charge in [-0.25, -0.2) is 0 Å². The average Bonchev–Trinajstić information content (AvgIpc) is 2.18. The van der Waals surface area contributed by atoms with Gasteiger partial charge in [0.1, 0.15) is 0 Å². The highest BCUT2D eigenvalue weighted by atomic mass is 16.2. The van der Waals surface area contributed by atoms with E-state index in [9.17, 15) is 4.79 Å². The molecule has 2 unspecified atom stereocenters. The topological polar surface area (TPSA) is 46.3 Å². The standard InChI is InChI=1S/C12H24N2O/c1-3-5-11(13)8-12(15)14-7-4-6-10(2)9-14/h10-11H,3-9,13H2,1-2H3. The van der Waals surface area contributed by atoms with Gasteiger partial charge in [0.05, 0.1) is 0 Å². The van der Waals surface area contributed by atoms with Gasteiger partial charge in [-0.05, 0) is 25.2 Å². The van der Waals surface area contributed by atoms with E-state index in [4.69, 9.17) is 5.73 Å². The predicted molar refractivity (Wildman–Crippen MR) is 62.5 cm³/mol. The van der Waals surface area contributed by atoms with Crippen molar-refractivity contribution in [2.75, 3.05) is 13.1 Å². The Bertz CT molecular complexity index is 206. The molecule has 15 heavy (non-hydrogen) atoms. The fourth-order valence-electron chi connectivity index (χ4n) is 2.24. The van der Waals surface area contributed by atoms with Crippen LogP contribution in [0.1, 0.15) is 46.0 Å². The van der Waals surface area contributed by atoms with E-state index in [-0.39, 0.29) is 11.9 Å². The van der Waals surface area contributed by atoms with Gasteiger partial charge in [0.15, 0.2) is 0 Å². The molecule has 0 aromatic heterocycles. The minimum absolute atomic E-state index is 0.0553. The number of hydrogen-bond donors (Lipinski definition) is 1. The third-order valence-electron chi connectivity index (χ3n) is 3.11. The highest BCUT2D eigenvalue weighted by Gasteiger charge is 2.21. The summed E-state index contributed by atoms with van der Waals surface area (Å²) in [5.41, 5.74) is 5.88. The van der Waals surface area contributed by atoms with Crippen LogP contribution in [-0.4, -0.2) is 29.9 Å². The smallest absolute Gasteiger partial charge is 0.224 e. The molecule has 0 saturated carbocycles. The third-order valence-corrected chi connectivity index (χ3v) is 3.11. The third kappa shape index (κ3) is 4.20. The Balaban J connectivity index is 2.32. The summed E-state index contributed by atoms with van der Waals surface area (Å²) in [6.07, 6.45) is 4.95. The molecule has 0 radical (unpaired) electrons. The molecule has 2 atom stereocenters. The maximum absolute atomic E-state index is 11.9. The number of nitrogens with zero attached hydrogens (tertiary/aromatic N) is 1. The zero-order valence-corrected chi connectivity index (χ0v) is 10.0. The Labute approximate surface area is 93.0 Å². The molecule has 1 heterocycles. The summed E-state index contributed by atoms with van der Waals surface area (Å²) in [7, 11) is 0. The number of carbonyl (C=O) groups is 1. The van der Waals surface area contributed by atoms with Crippen molar-refractivity contribution in [3.63, 3.8) is 0 Å². The Morgan fingerprint density at radius 1 is 1.60 bits per heavy atom. The van der Waals surface area contributed by atoms with Gasteiger partial charge in [-0.2, -0.15) is 0 Å². The summed E-state index contributed by atoms with van der Waals surface area (Å²) < 4.78 is 0. The molecule has 1 rings (SSSR count). The summed E-state index contributed by atoms with van der Waals surface area (Å²) in [4.78, 5) is 13.9. The zero-order valence-electron chi connectivity index (χ0n) is 10.0. The maximum Gasteiger partial charge on any atom is 0.224 e. The van der Waals surface area contributed by atoms with E-state index in [1.165, 1.54) is 6.42 Å². The number of likely N-dealkylation sites (tertiary alicyclic amines) is 1. The van der Waals surface area contributed by atoms with E-state index in [1.807, 2.05) is 4.90 Å². The predicted octanol–water partition coefficient (Wildman–Crippen LogP) is 1.76. The van der Waals surface area contributed by atoms with Crippen molar-refractivity contribution in [3.8, 4) is 0 Å². The molecule has 0 aliphatic carbocycles. The maximum atomic E-state index is 11.9. The van der Waals surface area contributed by atoms with Crippen molar-refractivity contribution in [2.24, 2.45) is 11.7 Å². The second-order valence-electron chi connectivity index (χ2n) is 4.84. The Morgan fingerprint density at radius 3 is 2.93 bits per heavy atom. The first-order valence-electron chi connectivity index (χ1n) is 6.16.